The second-order valence-electron chi connectivity index (χ2n) is 7.18. The molecule has 0 aliphatic carbocycles. The fourth-order valence-corrected chi connectivity index (χ4v) is 2.82. The predicted molar refractivity (Wildman–Crippen MR) is 113 cm³/mol. The van der Waals surface area contributed by atoms with Gasteiger partial charge in [-0.05, 0) is 25.7 Å². The van der Waals surface area contributed by atoms with Gasteiger partial charge in [-0.25, -0.2) is 0 Å². The molecule has 0 heterocycles. The summed E-state index contributed by atoms with van der Waals surface area (Å²) in [7, 11) is 0. The first-order valence-electron chi connectivity index (χ1n) is 11.0. The zero-order valence-corrected chi connectivity index (χ0v) is 20.7. The number of esters is 2. The van der Waals surface area contributed by atoms with Crippen LogP contribution in [0.1, 0.15) is 117 Å². The second-order valence-corrected chi connectivity index (χ2v) is 7.18. The van der Waals surface area contributed by atoms with Crippen molar-refractivity contribution in [3.05, 3.63) is 0 Å². The van der Waals surface area contributed by atoms with Crippen molar-refractivity contribution in [1.29, 1.82) is 0 Å². The number of hydrogen-bond acceptors (Lipinski definition) is 4. The van der Waals surface area contributed by atoms with Crippen molar-refractivity contribution in [3.8, 4) is 0 Å². The van der Waals surface area contributed by atoms with Crippen LogP contribution in [0.2, 0.25) is 0 Å². The van der Waals surface area contributed by atoms with E-state index in [1.807, 2.05) is 0 Å². The molecule has 0 aliphatic rings. The van der Waals surface area contributed by atoms with Gasteiger partial charge >= 0.3 is 11.9 Å². The van der Waals surface area contributed by atoms with E-state index < -0.39 is 0 Å². The normalized spacial score (nSPS) is 10.3. The van der Waals surface area contributed by atoms with Gasteiger partial charge in [0.25, 0.3) is 0 Å². The maximum atomic E-state index is 11.6. The summed E-state index contributed by atoms with van der Waals surface area (Å²) in [4.78, 5) is 23.2. The summed E-state index contributed by atoms with van der Waals surface area (Å²) in [5.74, 6) is -0.280. The Balaban J connectivity index is 0. The smallest absolute Gasteiger partial charge is 0.305 e. The predicted octanol–water partition coefficient (Wildman–Crippen LogP) is 5.97. The first-order chi connectivity index (χ1) is 12.7. The van der Waals surface area contributed by atoms with Gasteiger partial charge in [0.15, 0.2) is 0 Å². The number of unbranched alkanes of at least 4 members (excludes halogenated alkanes) is 11. The largest absolute Gasteiger partial charge is 0.466 e. The van der Waals surface area contributed by atoms with Gasteiger partial charge in [-0.15, -0.1) is 0 Å². The molecule has 0 spiro atoms. The molecule has 0 amide bonds. The van der Waals surface area contributed by atoms with Crippen LogP contribution in [-0.2, 0) is 19.1 Å². The molecule has 4 nitrogen and oxygen atoms in total. The van der Waals surface area contributed by atoms with E-state index in [1.54, 1.807) is 0 Å². The van der Waals surface area contributed by atoms with Gasteiger partial charge in [0.2, 0.25) is 0 Å². The summed E-state index contributed by atoms with van der Waals surface area (Å²) >= 11 is 0. The fraction of sp³-hybridized carbons (Fsp3) is 0.909. The zero-order chi connectivity index (χ0) is 19.3. The molecule has 0 rings (SSSR count). The van der Waals surface area contributed by atoms with Gasteiger partial charge in [-0.2, -0.15) is 0 Å². The first-order valence-corrected chi connectivity index (χ1v) is 11.0. The van der Waals surface area contributed by atoms with Crippen molar-refractivity contribution >= 4 is 35.8 Å². The van der Waals surface area contributed by atoms with Crippen LogP contribution in [-0.4, -0.2) is 49.1 Å². The molecule has 5 heteroatoms. The topological polar surface area (TPSA) is 52.6 Å². The van der Waals surface area contributed by atoms with Gasteiger partial charge < -0.3 is 9.47 Å². The van der Waals surface area contributed by atoms with Crippen LogP contribution < -0.4 is 0 Å². The van der Waals surface area contributed by atoms with Crippen LogP contribution >= 0.6 is 0 Å². The first kappa shape index (κ1) is 28.9. The van der Waals surface area contributed by atoms with Crippen molar-refractivity contribution in [1.82, 2.24) is 0 Å². The molecule has 0 aromatic carbocycles. The van der Waals surface area contributed by atoms with Crippen molar-refractivity contribution in [2.45, 2.75) is 117 Å². The van der Waals surface area contributed by atoms with E-state index in [4.69, 9.17) is 9.47 Å². The van der Waals surface area contributed by atoms with Crippen LogP contribution in [0.25, 0.3) is 0 Å². The molecule has 0 bridgehead atoms. The average Bonchev–Trinajstić information content (AvgIpc) is 2.64. The fourth-order valence-electron chi connectivity index (χ4n) is 2.82. The molecule has 0 N–H and O–H groups in total. The van der Waals surface area contributed by atoms with Crippen molar-refractivity contribution in [2.24, 2.45) is 0 Å². The number of ether oxygens (including phenoxy) is 2. The second kappa shape index (κ2) is 23.8. The molecule has 0 fully saturated rings. The van der Waals surface area contributed by atoms with Gasteiger partial charge in [-0.1, -0.05) is 78.1 Å². The van der Waals surface area contributed by atoms with E-state index in [-0.39, 0.29) is 35.8 Å². The van der Waals surface area contributed by atoms with E-state index in [0.29, 0.717) is 38.9 Å². The summed E-state index contributed by atoms with van der Waals surface area (Å²) in [5.41, 5.74) is 0. The summed E-state index contributed by atoms with van der Waals surface area (Å²) in [6.45, 7) is 5.48. The van der Waals surface area contributed by atoms with Crippen molar-refractivity contribution in [2.75, 3.05) is 13.2 Å². The third kappa shape index (κ3) is 23.7. The van der Waals surface area contributed by atoms with Crippen LogP contribution in [0.15, 0.2) is 0 Å². The van der Waals surface area contributed by atoms with Crippen LogP contribution in [0.5, 0.6) is 0 Å². The summed E-state index contributed by atoms with van der Waals surface area (Å²) in [5, 5.41) is 0. The zero-order valence-electron chi connectivity index (χ0n) is 17.9. The third-order valence-electron chi connectivity index (χ3n) is 4.53. The van der Waals surface area contributed by atoms with Crippen LogP contribution in [0.4, 0.5) is 0 Å². The molecule has 0 unspecified atom stereocenters. The summed E-state index contributed by atoms with van der Waals surface area (Å²) < 4.78 is 10.4. The molecule has 158 valence electrons. The van der Waals surface area contributed by atoms with E-state index in [2.05, 4.69) is 13.8 Å². The molecule has 27 heavy (non-hydrogen) atoms. The van der Waals surface area contributed by atoms with Gasteiger partial charge in [-0.3, -0.25) is 9.59 Å². The molecule has 4 radical (unpaired) electrons. The van der Waals surface area contributed by atoms with E-state index in [9.17, 15) is 9.59 Å². The van der Waals surface area contributed by atoms with Gasteiger partial charge in [0, 0.05) is 36.7 Å². The third-order valence-corrected chi connectivity index (χ3v) is 4.53. The molecule has 0 atom stereocenters. The summed E-state index contributed by atoms with van der Waals surface area (Å²) in [6.07, 6.45) is 16.5. The Bertz CT molecular complexity index is 302. The minimum absolute atomic E-state index is 0. The molecule has 0 aromatic heterocycles. The molecule has 0 aliphatic heterocycles. The monoisotopic (exact) mass is 490 g/mol. The Morgan fingerprint density at radius 2 is 0.852 bits per heavy atom. The van der Waals surface area contributed by atoms with E-state index in [0.717, 1.165) is 25.7 Å². The Hall–Kier alpha value is -0.261. The minimum atomic E-state index is -0.140. The Morgan fingerprint density at radius 3 is 1.22 bits per heavy atom. The van der Waals surface area contributed by atoms with Crippen molar-refractivity contribution in [3.63, 3.8) is 0 Å². The van der Waals surface area contributed by atoms with E-state index >= 15 is 0 Å². The number of carbonyl (C=O) groups excluding carboxylic acids is 2. The Labute approximate surface area is 184 Å². The van der Waals surface area contributed by atoms with Crippen LogP contribution in [0, 0.1) is 0 Å². The maximum absolute atomic E-state index is 11.6. The maximum Gasteiger partial charge on any atom is 0.305 e. The van der Waals surface area contributed by atoms with Crippen LogP contribution in [0.3, 0.4) is 0 Å². The molecule has 0 saturated heterocycles. The molecular weight excluding hydrogens is 447 g/mol. The van der Waals surface area contributed by atoms with Crippen molar-refractivity contribution < 1.29 is 19.1 Å². The standard InChI is InChI=1S/C22H42O4.Sn/c1-3-5-7-9-11-15-19-25-21(23)17-13-14-18-22(24)26-20-16-12-10-8-6-4-2;/h3-20H2,1-2H3;. The Kier molecular flexibility index (Phi) is 25.5. The Morgan fingerprint density at radius 1 is 0.519 bits per heavy atom. The van der Waals surface area contributed by atoms with Gasteiger partial charge in [0.1, 0.15) is 0 Å². The number of rotatable bonds is 19. The molecular formula is C22H42O4Sn. The summed E-state index contributed by atoms with van der Waals surface area (Å²) in [6, 6.07) is 0. The quantitative estimate of drug-likeness (QED) is 0.127. The number of carbonyl (C=O) groups is 2. The SMILES string of the molecule is CCCCCCCCOC(=O)CCCCC(=O)OCCCCCCCC.[Sn]. The number of hydrogen-bond donors (Lipinski definition) is 0. The average molecular weight is 489 g/mol. The molecule has 0 saturated carbocycles. The molecule has 0 aromatic rings. The van der Waals surface area contributed by atoms with E-state index in [1.165, 1.54) is 51.4 Å². The minimum Gasteiger partial charge on any atom is -0.466 e. The van der Waals surface area contributed by atoms with Gasteiger partial charge in [0.05, 0.1) is 13.2 Å².